The van der Waals surface area contributed by atoms with E-state index in [0.717, 1.165) is 18.5 Å². The Morgan fingerprint density at radius 1 is 1.56 bits per heavy atom. The number of hydrogen-bond donors (Lipinski definition) is 1. The number of rotatable bonds is 2. The third-order valence-corrected chi connectivity index (χ3v) is 4.11. The van der Waals surface area contributed by atoms with Crippen molar-refractivity contribution in [3.63, 3.8) is 0 Å². The van der Waals surface area contributed by atoms with Crippen LogP contribution in [0.2, 0.25) is 0 Å². The van der Waals surface area contributed by atoms with Crippen LogP contribution in [0.15, 0.2) is 6.20 Å². The molecule has 0 aliphatic heterocycles. The van der Waals surface area contributed by atoms with Gasteiger partial charge in [0, 0.05) is 19.7 Å². The average Bonchev–Trinajstić information content (AvgIpc) is 2.60. The van der Waals surface area contributed by atoms with E-state index >= 15 is 0 Å². The molecule has 4 nitrogen and oxygen atoms in total. The molecule has 1 aliphatic carbocycles. The van der Waals surface area contributed by atoms with Crippen molar-refractivity contribution in [1.82, 2.24) is 15.0 Å². The summed E-state index contributed by atoms with van der Waals surface area (Å²) in [6, 6.07) is 0. The van der Waals surface area contributed by atoms with Gasteiger partial charge in [0.15, 0.2) is 0 Å². The Labute approximate surface area is 96.7 Å². The first-order valence-electron chi connectivity index (χ1n) is 6.09. The Kier molecular flexibility index (Phi) is 3.02. The van der Waals surface area contributed by atoms with Gasteiger partial charge in [0.05, 0.1) is 11.3 Å². The molecule has 1 heterocycles. The standard InChI is InChI=1S/C12H21N3O/c1-9-5-4-6-12(16,10(9)2)7-11-8-15(3)14-13-11/h8-10,16H,4-7H2,1-3H3. The fourth-order valence-electron chi connectivity index (χ4n) is 2.78. The monoisotopic (exact) mass is 223 g/mol. The molecular formula is C12H21N3O. The highest BCUT2D eigenvalue weighted by atomic mass is 16.3. The minimum atomic E-state index is -0.590. The number of hydrogen-bond acceptors (Lipinski definition) is 3. The molecule has 3 atom stereocenters. The molecule has 2 rings (SSSR count). The average molecular weight is 223 g/mol. The Morgan fingerprint density at radius 2 is 2.31 bits per heavy atom. The molecule has 0 saturated heterocycles. The maximum atomic E-state index is 10.7. The highest BCUT2D eigenvalue weighted by molar-refractivity contribution is 5.03. The van der Waals surface area contributed by atoms with Gasteiger partial charge in [-0.1, -0.05) is 31.9 Å². The molecule has 1 aromatic heterocycles. The quantitative estimate of drug-likeness (QED) is 0.827. The summed E-state index contributed by atoms with van der Waals surface area (Å²) in [5.41, 5.74) is 0.305. The highest BCUT2D eigenvalue weighted by Crippen LogP contribution is 2.39. The zero-order valence-corrected chi connectivity index (χ0v) is 10.3. The van der Waals surface area contributed by atoms with E-state index in [1.165, 1.54) is 6.42 Å². The van der Waals surface area contributed by atoms with Crippen LogP contribution in [0, 0.1) is 11.8 Å². The van der Waals surface area contributed by atoms with Gasteiger partial charge in [-0.3, -0.25) is 4.68 Å². The minimum absolute atomic E-state index is 0.336. The third-order valence-electron chi connectivity index (χ3n) is 4.11. The zero-order chi connectivity index (χ0) is 11.8. The molecule has 0 spiro atoms. The van der Waals surface area contributed by atoms with Crippen LogP contribution in [0.25, 0.3) is 0 Å². The summed E-state index contributed by atoms with van der Waals surface area (Å²) in [7, 11) is 1.85. The minimum Gasteiger partial charge on any atom is -0.389 e. The Bertz CT molecular complexity index is 363. The van der Waals surface area contributed by atoms with Crippen molar-refractivity contribution in [3.05, 3.63) is 11.9 Å². The Morgan fingerprint density at radius 3 is 2.94 bits per heavy atom. The van der Waals surface area contributed by atoms with Crippen molar-refractivity contribution in [2.45, 2.75) is 45.1 Å². The van der Waals surface area contributed by atoms with Gasteiger partial charge in [0.2, 0.25) is 0 Å². The maximum Gasteiger partial charge on any atom is 0.0855 e. The molecule has 0 bridgehead atoms. The molecule has 1 aromatic rings. The summed E-state index contributed by atoms with van der Waals surface area (Å²) in [4.78, 5) is 0. The van der Waals surface area contributed by atoms with Crippen LogP contribution in [0.4, 0.5) is 0 Å². The van der Waals surface area contributed by atoms with Gasteiger partial charge in [-0.05, 0) is 18.3 Å². The largest absolute Gasteiger partial charge is 0.389 e. The Balaban J connectivity index is 2.12. The maximum absolute atomic E-state index is 10.7. The first-order valence-corrected chi connectivity index (χ1v) is 6.09. The molecular weight excluding hydrogens is 202 g/mol. The summed E-state index contributed by atoms with van der Waals surface area (Å²) in [6.07, 6.45) is 5.75. The van der Waals surface area contributed by atoms with Gasteiger partial charge in [-0.15, -0.1) is 5.10 Å². The van der Waals surface area contributed by atoms with Crippen LogP contribution in [0.3, 0.4) is 0 Å². The van der Waals surface area contributed by atoms with Gasteiger partial charge in [-0.25, -0.2) is 0 Å². The number of nitrogens with zero attached hydrogens (tertiary/aromatic N) is 3. The van der Waals surface area contributed by atoms with Crippen LogP contribution in [-0.2, 0) is 13.5 Å². The fraction of sp³-hybridized carbons (Fsp3) is 0.833. The van der Waals surface area contributed by atoms with Crippen molar-refractivity contribution in [2.24, 2.45) is 18.9 Å². The lowest BCUT2D eigenvalue weighted by atomic mass is 9.69. The van der Waals surface area contributed by atoms with E-state index in [4.69, 9.17) is 0 Å². The molecule has 0 aromatic carbocycles. The SMILES string of the molecule is CC1CCCC(O)(Cc2cn(C)nn2)C1C. The summed E-state index contributed by atoms with van der Waals surface area (Å²) in [5.74, 6) is 0.929. The van der Waals surface area contributed by atoms with E-state index in [1.54, 1.807) is 4.68 Å². The van der Waals surface area contributed by atoms with E-state index < -0.39 is 5.60 Å². The predicted octanol–water partition coefficient (Wildman–Crippen LogP) is 1.54. The molecule has 1 fully saturated rings. The van der Waals surface area contributed by atoms with E-state index in [1.807, 2.05) is 13.2 Å². The summed E-state index contributed by atoms with van der Waals surface area (Å²) >= 11 is 0. The van der Waals surface area contributed by atoms with Crippen molar-refractivity contribution < 1.29 is 5.11 Å². The second kappa shape index (κ2) is 4.17. The molecule has 3 unspecified atom stereocenters. The smallest absolute Gasteiger partial charge is 0.0855 e. The van der Waals surface area contributed by atoms with Crippen LogP contribution < -0.4 is 0 Å². The third kappa shape index (κ3) is 2.12. The van der Waals surface area contributed by atoms with Gasteiger partial charge >= 0.3 is 0 Å². The highest BCUT2D eigenvalue weighted by Gasteiger charge is 2.40. The van der Waals surface area contributed by atoms with E-state index in [-0.39, 0.29) is 0 Å². The summed E-state index contributed by atoms with van der Waals surface area (Å²) in [5, 5.41) is 18.7. The first kappa shape index (κ1) is 11.6. The van der Waals surface area contributed by atoms with Crippen molar-refractivity contribution in [1.29, 1.82) is 0 Å². The van der Waals surface area contributed by atoms with Crippen LogP contribution in [0.1, 0.15) is 38.8 Å². The molecule has 90 valence electrons. The van der Waals surface area contributed by atoms with Crippen molar-refractivity contribution >= 4 is 0 Å². The predicted molar refractivity (Wildman–Crippen MR) is 61.8 cm³/mol. The molecule has 1 saturated carbocycles. The van der Waals surface area contributed by atoms with E-state index in [2.05, 4.69) is 24.2 Å². The van der Waals surface area contributed by atoms with Crippen LogP contribution >= 0.6 is 0 Å². The number of aromatic nitrogens is 3. The van der Waals surface area contributed by atoms with E-state index in [0.29, 0.717) is 18.3 Å². The van der Waals surface area contributed by atoms with Gasteiger partial charge < -0.3 is 5.11 Å². The summed E-state index contributed by atoms with van der Waals surface area (Å²) < 4.78 is 1.69. The molecule has 1 N–H and O–H groups in total. The van der Waals surface area contributed by atoms with Gasteiger partial charge in [-0.2, -0.15) is 0 Å². The second-order valence-corrected chi connectivity index (χ2v) is 5.32. The Hall–Kier alpha value is -0.900. The first-order chi connectivity index (χ1) is 7.51. The zero-order valence-electron chi connectivity index (χ0n) is 10.3. The normalized spacial score (nSPS) is 35.2. The molecule has 4 heteroatoms. The molecule has 1 aliphatic rings. The van der Waals surface area contributed by atoms with Gasteiger partial charge in [0.25, 0.3) is 0 Å². The van der Waals surface area contributed by atoms with Crippen molar-refractivity contribution in [2.75, 3.05) is 0 Å². The van der Waals surface area contributed by atoms with Crippen molar-refractivity contribution in [3.8, 4) is 0 Å². The molecule has 16 heavy (non-hydrogen) atoms. The molecule has 0 radical (unpaired) electrons. The number of aryl methyl sites for hydroxylation is 1. The molecule has 0 amide bonds. The lowest BCUT2D eigenvalue weighted by Crippen LogP contribution is -2.44. The van der Waals surface area contributed by atoms with E-state index in [9.17, 15) is 5.11 Å². The second-order valence-electron chi connectivity index (χ2n) is 5.32. The topological polar surface area (TPSA) is 50.9 Å². The lowest BCUT2D eigenvalue weighted by molar-refractivity contribution is -0.0627. The van der Waals surface area contributed by atoms with Crippen LogP contribution in [0.5, 0.6) is 0 Å². The van der Waals surface area contributed by atoms with Crippen LogP contribution in [-0.4, -0.2) is 25.7 Å². The lowest BCUT2D eigenvalue weighted by Gasteiger charge is -2.41. The number of aliphatic hydroxyl groups is 1. The summed E-state index contributed by atoms with van der Waals surface area (Å²) in [6.45, 7) is 4.38. The fourth-order valence-corrected chi connectivity index (χ4v) is 2.78. The van der Waals surface area contributed by atoms with Gasteiger partial charge in [0.1, 0.15) is 0 Å².